The molecule has 0 radical (unpaired) electrons. The van der Waals surface area contributed by atoms with E-state index >= 15 is 0 Å². The van der Waals surface area contributed by atoms with Crippen LogP contribution in [-0.4, -0.2) is 35.8 Å². The fourth-order valence-corrected chi connectivity index (χ4v) is 2.58. The van der Waals surface area contributed by atoms with Gasteiger partial charge in [0.05, 0.1) is 24.5 Å². The van der Waals surface area contributed by atoms with Crippen LogP contribution in [0.3, 0.4) is 0 Å². The van der Waals surface area contributed by atoms with Crippen LogP contribution in [0, 0.1) is 0 Å². The van der Waals surface area contributed by atoms with Gasteiger partial charge in [0.25, 0.3) is 0 Å². The number of esters is 1. The van der Waals surface area contributed by atoms with E-state index in [2.05, 4.69) is 10.3 Å². The number of urea groups is 1. The van der Waals surface area contributed by atoms with Crippen molar-refractivity contribution in [1.82, 2.24) is 10.2 Å². The molecule has 2 amide bonds. The van der Waals surface area contributed by atoms with Crippen molar-refractivity contribution in [3.05, 3.63) is 71.3 Å². The zero-order chi connectivity index (χ0) is 18.4. The van der Waals surface area contributed by atoms with Gasteiger partial charge in [0.2, 0.25) is 0 Å². The number of ether oxygens (including phenoxy) is 1. The molecule has 1 N–H and O–H groups in total. The minimum atomic E-state index is -0.369. The molecule has 0 saturated carbocycles. The lowest BCUT2D eigenvalue weighted by Gasteiger charge is -2.18. The summed E-state index contributed by atoms with van der Waals surface area (Å²) in [6.07, 6.45) is 1.56. The molecule has 1 atom stereocenters. The van der Waals surface area contributed by atoms with Crippen LogP contribution in [0.1, 0.15) is 29.8 Å². The molecule has 1 aliphatic rings. The summed E-state index contributed by atoms with van der Waals surface area (Å²) in [5.41, 5.74) is 2.33. The predicted octanol–water partition coefficient (Wildman–Crippen LogP) is 3.23. The highest BCUT2D eigenvalue weighted by Gasteiger charge is 2.21. The normalized spacial score (nSPS) is 15.7. The number of carbonyl (C=O) groups excluding carboxylic acids is 2. The maximum atomic E-state index is 12.1. The standard InChI is InChI=1S/C20H21N3O3.H2/c1-15-11-21-14-23(15)20(25)22-12-16-7-9-18(10-8-16)19(24)26-13-17-5-3-2-4-6-17;/h2-10,14-15H,11-13H2,1H3,(H,22,25);1H. The molecule has 0 fully saturated rings. The molecule has 2 aromatic rings. The van der Waals surface area contributed by atoms with Crippen LogP contribution < -0.4 is 5.32 Å². The van der Waals surface area contributed by atoms with Crippen LogP contribution >= 0.6 is 0 Å². The summed E-state index contributed by atoms with van der Waals surface area (Å²) in [4.78, 5) is 29.8. The number of rotatable bonds is 5. The molecule has 0 aromatic heterocycles. The number of nitrogens with zero attached hydrogens (tertiary/aromatic N) is 2. The van der Waals surface area contributed by atoms with Gasteiger partial charge in [0.1, 0.15) is 6.61 Å². The van der Waals surface area contributed by atoms with Crippen molar-refractivity contribution in [1.29, 1.82) is 0 Å². The van der Waals surface area contributed by atoms with Crippen molar-refractivity contribution in [2.45, 2.75) is 26.1 Å². The summed E-state index contributed by atoms with van der Waals surface area (Å²) >= 11 is 0. The van der Waals surface area contributed by atoms with Crippen molar-refractivity contribution in [2.75, 3.05) is 6.54 Å². The largest absolute Gasteiger partial charge is 0.457 e. The number of aliphatic imine (C=N–C) groups is 1. The van der Waals surface area contributed by atoms with Gasteiger partial charge in [0, 0.05) is 7.97 Å². The average molecular weight is 353 g/mol. The van der Waals surface area contributed by atoms with Crippen molar-refractivity contribution >= 4 is 18.3 Å². The van der Waals surface area contributed by atoms with Gasteiger partial charge in [-0.3, -0.25) is 9.89 Å². The van der Waals surface area contributed by atoms with Gasteiger partial charge >= 0.3 is 12.0 Å². The Morgan fingerprint density at radius 3 is 2.54 bits per heavy atom. The van der Waals surface area contributed by atoms with Crippen LogP contribution in [0.5, 0.6) is 0 Å². The lowest BCUT2D eigenvalue weighted by molar-refractivity contribution is 0.0472. The van der Waals surface area contributed by atoms with Gasteiger partial charge in [-0.15, -0.1) is 0 Å². The Kier molecular flexibility index (Phi) is 5.63. The first-order valence-corrected chi connectivity index (χ1v) is 8.49. The summed E-state index contributed by atoms with van der Waals surface area (Å²) in [7, 11) is 0. The number of hydrogen-bond acceptors (Lipinski definition) is 4. The van der Waals surface area contributed by atoms with E-state index in [1.807, 2.05) is 37.3 Å². The molecule has 6 nitrogen and oxygen atoms in total. The maximum Gasteiger partial charge on any atom is 0.338 e. The van der Waals surface area contributed by atoms with Gasteiger partial charge < -0.3 is 10.1 Å². The van der Waals surface area contributed by atoms with Gasteiger partial charge in [-0.25, -0.2) is 9.59 Å². The predicted molar refractivity (Wildman–Crippen MR) is 101 cm³/mol. The Morgan fingerprint density at radius 1 is 1.15 bits per heavy atom. The third-order valence-electron chi connectivity index (χ3n) is 4.13. The van der Waals surface area contributed by atoms with E-state index in [0.29, 0.717) is 18.7 Å². The Labute approximate surface area is 154 Å². The Morgan fingerprint density at radius 2 is 1.88 bits per heavy atom. The Bertz CT molecular complexity index is 794. The second-order valence-electron chi connectivity index (χ2n) is 6.15. The van der Waals surface area contributed by atoms with Crippen LogP contribution in [0.2, 0.25) is 0 Å². The van der Waals surface area contributed by atoms with Crippen LogP contribution in [0.4, 0.5) is 4.79 Å². The second-order valence-corrected chi connectivity index (χ2v) is 6.15. The molecule has 0 bridgehead atoms. The fraction of sp³-hybridized carbons (Fsp3) is 0.250. The maximum absolute atomic E-state index is 12.1. The van der Waals surface area contributed by atoms with E-state index in [0.717, 1.165) is 11.1 Å². The van der Waals surface area contributed by atoms with Crippen LogP contribution in [0.15, 0.2) is 59.6 Å². The van der Waals surface area contributed by atoms with Crippen molar-refractivity contribution in [3.63, 3.8) is 0 Å². The molecule has 0 aliphatic carbocycles. The molecular formula is C20H23N3O3. The first kappa shape index (κ1) is 17.7. The van der Waals surface area contributed by atoms with Crippen molar-refractivity contribution in [2.24, 2.45) is 4.99 Å². The lowest BCUT2D eigenvalue weighted by atomic mass is 10.1. The third-order valence-corrected chi connectivity index (χ3v) is 4.13. The third kappa shape index (κ3) is 4.47. The van der Waals surface area contributed by atoms with Gasteiger partial charge in [0.15, 0.2) is 0 Å². The molecule has 1 heterocycles. The zero-order valence-corrected chi connectivity index (χ0v) is 14.6. The first-order chi connectivity index (χ1) is 12.6. The van der Waals surface area contributed by atoms with E-state index in [9.17, 15) is 9.59 Å². The summed E-state index contributed by atoms with van der Waals surface area (Å²) in [5.74, 6) is -0.369. The minimum Gasteiger partial charge on any atom is -0.457 e. The molecule has 3 rings (SSSR count). The summed E-state index contributed by atoms with van der Waals surface area (Å²) in [5, 5.41) is 2.85. The van der Waals surface area contributed by atoms with Crippen LogP contribution in [-0.2, 0) is 17.9 Å². The Hall–Kier alpha value is -3.15. The number of hydrogen-bond donors (Lipinski definition) is 1. The van der Waals surface area contributed by atoms with E-state index < -0.39 is 0 Å². The van der Waals surface area contributed by atoms with Gasteiger partial charge in [-0.05, 0) is 30.2 Å². The number of nitrogens with one attached hydrogen (secondary N) is 1. The number of amides is 2. The highest BCUT2D eigenvalue weighted by Crippen LogP contribution is 2.09. The van der Waals surface area contributed by atoms with E-state index in [1.165, 1.54) is 0 Å². The van der Waals surface area contributed by atoms with Gasteiger partial charge in [-0.1, -0.05) is 42.5 Å². The number of benzene rings is 2. The average Bonchev–Trinajstić information content (AvgIpc) is 3.11. The molecule has 0 spiro atoms. The highest BCUT2D eigenvalue weighted by molar-refractivity contribution is 5.89. The quantitative estimate of drug-likeness (QED) is 0.839. The molecule has 6 heteroatoms. The fourth-order valence-electron chi connectivity index (χ4n) is 2.58. The molecule has 0 saturated heterocycles. The molecule has 2 aromatic carbocycles. The van der Waals surface area contributed by atoms with Crippen molar-refractivity contribution in [3.8, 4) is 0 Å². The summed E-state index contributed by atoms with van der Waals surface area (Å²) in [6, 6.07) is 16.5. The molecule has 1 unspecified atom stereocenters. The zero-order valence-electron chi connectivity index (χ0n) is 14.6. The molecule has 26 heavy (non-hydrogen) atoms. The number of carbonyl (C=O) groups is 2. The topological polar surface area (TPSA) is 71.0 Å². The van der Waals surface area contributed by atoms with E-state index in [1.54, 1.807) is 35.5 Å². The SMILES string of the molecule is CC1CN=CN1C(=O)NCc1ccc(C(=O)OCc2ccccc2)cc1.[HH]. The summed E-state index contributed by atoms with van der Waals surface area (Å²) in [6.45, 7) is 3.21. The highest BCUT2D eigenvalue weighted by atomic mass is 16.5. The monoisotopic (exact) mass is 353 g/mol. The molecule has 1 aliphatic heterocycles. The second kappa shape index (κ2) is 8.29. The van der Waals surface area contributed by atoms with Crippen LogP contribution in [0.25, 0.3) is 0 Å². The summed E-state index contributed by atoms with van der Waals surface area (Å²) < 4.78 is 5.30. The smallest absolute Gasteiger partial charge is 0.338 e. The first-order valence-electron chi connectivity index (χ1n) is 8.49. The minimum absolute atomic E-state index is 0. The lowest BCUT2D eigenvalue weighted by Crippen LogP contribution is -2.42. The molecule has 136 valence electrons. The van der Waals surface area contributed by atoms with E-state index in [4.69, 9.17) is 4.74 Å². The van der Waals surface area contributed by atoms with Crippen molar-refractivity contribution < 1.29 is 15.8 Å². The molecular weight excluding hydrogens is 330 g/mol. The van der Waals surface area contributed by atoms with Gasteiger partial charge in [-0.2, -0.15) is 0 Å². The van der Waals surface area contributed by atoms with E-state index in [-0.39, 0.29) is 26.1 Å². The Balaban J connectivity index is 0.00000261.